The maximum absolute atomic E-state index is 4.45. The maximum Gasteiger partial charge on any atom is 0.0645 e. The molecule has 4 nitrogen and oxygen atoms in total. The lowest BCUT2D eigenvalue weighted by atomic mass is 10.1. The first-order chi connectivity index (χ1) is 22.4. The lowest BCUT2D eigenvalue weighted by Gasteiger charge is -2.10. The Morgan fingerprint density at radius 3 is 1.47 bits per heavy atom. The van der Waals surface area contributed by atoms with Gasteiger partial charge in [0.1, 0.15) is 0 Å². The quantitative estimate of drug-likeness (QED) is 0.206. The average molecular weight is 575 g/mol. The number of hydrogen-bond donors (Lipinski definition) is 0. The molecule has 0 atom stereocenters. The largest absolute Gasteiger partial charge is 0.309 e. The van der Waals surface area contributed by atoms with Crippen LogP contribution in [0.4, 0.5) is 0 Å². The van der Waals surface area contributed by atoms with E-state index in [0.29, 0.717) is 0 Å². The Labute approximate surface area is 258 Å². The zero-order valence-electron chi connectivity index (χ0n) is 24.3. The van der Waals surface area contributed by atoms with Crippen molar-refractivity contribution in [3.05, 3.63) is 158 Å². The molecule has 0 spiro atoms. The monoisotopic (exact) mass is 574 g/mol. The van der Waals surface area contributed by atoms with Gasteiger partial charge in [-0.25, -0.2) is 0 Å². The van der Waals surface area contributed by atoms with Gasteiger partial charge in [-0.2, -0.15) is 0 Å². The number of aromatic nitrogens is 4. The summed E-state index contributed by atoms with van der Waals surface area (Å²) in [5.41, 5.74) is 10.6. The number of fused-ring (bicyclic) bond motifs is 10. The van der Waals surface area contributed by atoms with E-state index in [1.807, 2.05) is 18.5 Å². The third-order valence-corrected chi connectivity index (χ3v) is 9.30. The van der Waals surface area contributed by atoms with Gasteiger partial charge in [-0.1, -0.05) is 72.8 Å². The zero-order chi connectivity index (χ0) is 29.5. The first-order valence-corrected chi connectivity index (χ1v) is 15.3. The van der Waals surface area contributed by atoms with Crippen molar-refractivity contribution >= 4 is 65.4 Å². The van der Waals surface area contributed by atoms with E-state index < -0.39 is 0 Å². The third-order valence-electron chi connectivity index (χ3n) is 9.30. The first-order valence-electron chi connectivity index (χ1n) is 15.3. The molecule has 0 radical (unpaired) electrons. The van der Waals surface area contributed by atoms with Crippen molar-refractivity contribution in [2.75, 3.05) is 0 Å². The van der Waals surface area contributed by atoms with Crippen LogP contribution in [0.15, 0.2) is 158 Å². The molecule has 4 heterocycles. The summed E-state index contributed by atoms with van der Waals surface area (Å²) in [4.78, 5) is 4.45. The van der Waals surface area contributed by atoms with Gasteiger partial charge in [0.05, 0.1) is 45.0 Å². The average Bonchev–Trinajstić information content (AvgIpc) is 3.74. The second kappa shape index (κ2) is 9.18. The Balaban J connectivity index is 1.32. The molecule has 0 aliphatic carbocycles. The molecule has 10 aromatic rings. The van der Waals surface area contributed by atoms with Gasteiger partial charge >= 0.3 is 0 Å². The Kier molecular flexibility index (Phi) is 4.96. The minimum absolute atomic E-state index is 1.06. The van der Waals surface area contributed by atoms with Gasteiger partial charge in [-0.05, 0) is 72.8 Å². The van der Waals surface area contributed by atoms with Gasteiger partial charge in [0.25, 0.3) is 0 Å². The van der Waals surface area contributed by atoms with Crippen LogP contribution >= 0.6 is 0 Å². The smallest absolute Gasteiger partial charge is 0.0645 e. The van der Waals surface area contributed by atoms with Crippen molar-refractivity contribution < 1.29 is 0 Å². The highest BCUT2D eigenvalue weighted by Crippen LogP contribution is 2.43. The van der Waals surface area contributed by atoms with Gasteiger partial charge in [-0.15, -0.1) is 0 Å². The molecule has 45 heavy (non-hydrogen) atoms. The lowest BCUT2D eigenvalue weighted by Crippen LogP contribution is -1.96. The minimum atomic E-state index is 1.06. The van der Waals surface area contributed by atoms with Crippen molar-refractivity contribution in [1.82, 2.24) is 18.7 Å². The highest BCUT2D eigenvalue weighted by molar-refractivity contribution is 6.29. The van der Waals surface area contributed by atoms with Crippen molar-refractivity contribution in [2.45, 2.75) is 0 Å². The molecule has 0 aliphatic heterocycles. The van der Waals surface area contributed by atoms with Crippen molar-refractivity contribution in [2.24, 2.45) is 0 Å². The van der Waals surface area contributed by atoms with Crippen LogP contribution in [0.3, 0.4) is 0 Å². The van der Waals surface area contributed by atoms with Crippen molar-refractivity contribution in [3.8, 4) is 17.1 Å². The SMILES string of the molecule is c1ccc(-n2c3ccccc3c3cc(-n4c5ccccc5c5c6c7ccccc7n(-c7cccnc7)c6ccc54)ccc32)cc1. The topological polar surface area (TPSA) is 27.7 Å². The van der Waals surface area contributed by atoms with Crippen LogP contribution in [-0.4, -0.2) is 18.7 Å². The molecule has 4 aromatic heterocycles. The Bertz CT molecular complexity index is 2750. The molecule has 6 aromatic carbocycles. The Morgan fingerprint density at radius 1 is 0.333 bits per heavy atom. The molecule has 0 saturated heterocycles. The summed E-state index contributed by atoms with van der Waals surface area (Å²) in [7, 11) is 0. The summed E-state index contributed by atoms with van der Waals surface area (Å²) >= 11 is 0. The highest BCUT2D eigenvalue weighted by atomic mass is 15.0. The number of pyridine rings is 1. The molecule has 0 aliphatic rings. The van der Waals surface area contributed by atoms with Crippen LogP contribution in [0.5, 0.6) is 0 Å². The highest BCUT2D eigenvalue weighted by Gasteiger charge is 2.21. The van der Waals surface area contributed by atoms with E-state index >= 15 is 0 Å². The fourth-order valence-electron chi connectivity index (χ4n) is 7.52. The number of nitrogens with zero attached hydrogens (tertiary/aromatic N) is 4. The van der Waals surface area contributed by atoms with Crippen LogP contribution in [-0.2, 0) is 0 Å². The number of hydrogen-bond acceptors (Lipinski definition) is 1. The van der Waals surface area contributed by atoms with Gasteiger partial charge in [0, 0.05) is 49.9 Å². The summed E-state index contributed by atoms with van der Waals surface area (Å²) in [5, 5.41) is 7.52. The first kappa shape index (κ1) is 24.3. The summed E-state index contributed by atoms with van der Waals surface area (Å²) in [6.45, 7) is 0. The van der Waals surface area contributed by atoms with E-state index in [9.17, 15) is 0 Å². The summed E-state index contributed by atoms with van der Waals surface area (Å²) in [6.07, 6.45) is 3.78. The van der Waals surface area contributed by atoms with E-state index in [-0.39, 0.29) is 0 Å². The van der Waals surface area contributed by atoms with E-state index in [1.165, 1.54) is 71.1 Å². The molecular weight excluding hydrogens is 548 g/mol. The van der Waals surface area contributed by atoms with Crippen LogP contribution in [0.25, 0.3) is 82.5 Å². The molecule has 0 bridgehead atoms. The predicted molar refractivity (Wildman–Crippen MR) is 187 cm³/mol. The molecule has 4 heteroatoms. The summed E-state index contributed by atoms with van der Waals surface area (Å²) in [6, 6.07) is 52.5. The zero-order valence-corrected chi connectivity index (χ0v) is 24.3. The van der Waals surface area contributed by atoms with Gasteiger partial charge in [0.2, 0.25) is 0 Å². The van der Waals surface area contributed by atoms with E-state index in [4.69, 9.17) is 0 Å². The van der Waals surface area contributed by atoms with Crippen LogP contribution in [0.2, 0.25) is 0 Å². The molecule has 10 rings (SSSR count). The van der Waals surface area contributed by atoms with E-state index in [0.717, 1.165) is 11.4 Å². The predicted octanol–water partition coefficient (Wildman–Crippen LogP) is 10.4. The number of benzene rings is 6. The van der Waals surface area contributed by atoms with Crippen LogP contribution in [0.1, 0.15) is 0 Å². The van der Waals surface area contributed by atoms with Crippen LogP contribution in [0, 0.1) is 0 Å². The molecule has 0 unspecified atom stereocenters. The van der Waals surface area contributed by atoms with Gasteiger partial charge in [-0.3, -0.25) is 4.98 Å². The van der Waals surface area contributed by atoms with Gasteiger partial charge < -0.3 is 13.7 Å². The Hall–Kier alpha value is -6.13. The molecule has 0 amide bonds. The lowest BCUT2D eigenvalue weighted by molar-refractivity contribution is 1.14. The fourth-order valence-corrected chi connectivity index (χ4v) is 7.52. The van der Waals surface area contributed by atoms with Crippen molar-refractivity contribution in [1.29, 1.82) is 0 Å². The van der Waals surface area contributed by atoms with Crippen LogP contribution < -0.4 is 0 Å². The molecule has 0 N–H and O–H groups in total. The van der Waals surface area contributed by atoms with E-state index in [1.54, 1.807) is 0 Å². The van der Waals surface area contributed by atoms with E-state index in [2.05, 4.69) is 158 Å². The van der Waals surface area contributed by atoms with Crippen molar-refractivity contribution in [3.63, 3.8) is 0 Å². The maximum atomic E-state index is 4.45. The fraction of sp³-hybridized carbons (Fsp3) is 0. The minimum Gasteiger partial charge on any atom is -0.309 e. The second-order valence-electron chi connectivity index (χ2n) is 11.7. The van der Waals surface area contributed by atoms with Gasteiger partial charge in [0.15, 0.2) is 0 Å². The number of para-hydroxylation sites is 4. The molecule has 0 fully saturated rings. The standard InChI is InChI=1S/C41H26N4/c1-2-11-27(12-3-1)43-34-17-7-4-14-30(34)33-25-28(20-21-37(33)43)44-35-18-8-5-15-31(35)40-38(44)22-23-39-41(40)32-16-6-9-19-36(32)45(39)29-13-10-24-42-26-29/h1-26H. The molecule has 210 valence electrons. The second-order valence-corrected chi connectivity index (χ2v) is 11.7. The summed E-state index contributed by atoms with van der Waals surface area (Å²) in [5.74, 6) is 0. The molecular formula is C41H26N4. The normalized spacial score (nSPS) is 12.0. The molecule has 0 saturated carbocycles. The third kappa shape index (κ3) is 3.34. The summed E-state index contributed by atoms with van der Waals surface area (Å²) < 4.78 is 7.15. The number of rotatable bonds is 3. The Morgan fingerprint density at radius 2 is 0.822 bits per heavy atom.